The van der Waals surface area contributed by atoms with Crippen LogP contribution in [0.25, 0.3) is 0 Å². The van der Waals surface area contributed by atoms with Gasteiger partial charge in [0.05, 0.1) is 0 Å². The quantitative estimate of drug-likeness (QED) is 0.514. The molecule has 0 atom stereocenters. The van der Waals surface area contributed by atoms with Crippen molar-refractivity contribution in [3.63, 3.8) is 0 Å². The zero-order valence-corrected chi connectivity index (χ0v) is 12.7. The fourth-order valence-corrected chi connectivity index (χ4v) is 2.41. The largest absolute Gasteiger partial charge is 0.346 e. The fraction of sp³-hybridized carbons (Fsp3) is 0.812. The second-order valence-electron chi connectivity index (χ2n) is 5.53. The van der Waals surface area contributed by atoms with Gasteiger partial charge in [0.2, 0.25) is 5.91 Å². The van der Waals surface area contributed by atoms with E-state index in [0.29, 0.717) is 6.42 Å². The van der Waals surface area contributed by atoms with E-state index in [2.05, 4.69) is 18.3 Å². The highest BCUT2D eigenvalue weighted by Crippen LogP contribution is 2.19. The summed E-state index contributed by atoms with van der Waals surface area (Å²) in [5.74, 6) is 0.262. The summed E-state index contributed by atoms with van der Waals surface area (Å²) in [5.41, 5.74) is 1.60. The second-order valence-corrected chi connectivity index (χ2v) is 5.53. The number of amides is 1. The van der Waals surface area contributed by atoms with E-state index >= 15 is 0 Å². The topological polar surface area (TPSA) is 32.3 Å². The SMILES string of the molecule is CCCCN(C)C(=O)CCNCCC1=CCCCC1. The molecule has 3 heteroatoms. The predicted octanol–water partition coefficient (Wildman–Crippen LogP) is 3.12. The molecule has 0 spiro atoms. The summed E-state index contributed by atoms with van der Waals surface area (Å²) in [6.07, 6.45) is 11.7. The molecular formula is C16H30N2O. The molecule has 0 aromatic carbocycles. The number of nitrogens with one attached hydrogen (secondary N) is 1. The number of nitrogens with zero attached hydrogens (tertiary/aromatic N) is 1. The van der Waals surface area contributed by atoms with Crippen molar-refractivity contribution in [2.45, 2.75) is 58.3 Å². The molecule has 1 aliphatic rings. The summed E-state index contributed by atoms with van der Waals surface area (Å²) in [6.45, 7) is 4.86. The van der Waals surface area contributed by atoms with Crippen LogP contribution in [0.1, 0.15) is 58.3 Å². The lowest BCUT2D eigenvalue weighted by molar-refractivity contribution is -0.129. The van der Waals surface area contributed by atoms with E-state index < -0.39 is 0 Å². The van der Waals surface area contributed by atoms with Crippen LogP contribution < -0.4 is 5.32 Å². The zero-order chi connectivity index (χ0) is 13.9. The Labute approximate surface area is 118 Å². The number of hydrogen-bond acceptors (Lipinski definition) is 2. The normalized spacial score (nSPS) is 15.2. The number of carbonyl (C=O) groups excluding carboxylic acids is 1. The highest BCUT2D eigenvalue weighted by atomic mass is 16.2. The predicted molar refractivity (Wildman–Crippen MR) is 81.2 cm³/mol. The van der Waals surface area contributed by atoms with Crippen LogP contribution >= 0.6 is 0 Å². The fourth-order valence-electron chi connectivity index (χ4n) is 2.41. The Morgan fingerprint density at radius 3 is 2.89 bits per heavy atom. The third-order valence-corrected chi connectivity index (χ3v) is 3.80. The molecule has 0 saturated heterocycles. The highest BCUT2D eigenvalue weighted by molar-refractivity contribution is 5.76. The van der Waals surface area contributed by atoms with Gasteiger partial charge in [-0.1, -0.05) is 25.0 Å². The zero-order valence-electron chi connectivity index (χ0n) is 12.7. The molecule has 110 valence electrons. The third-order valence-electron chi connectivity index (χ3n) is 3.80. The average Bonchev–Trinajstić information content (AvgIpc) is 2.45. The summed E-state index contributed by atoms with van der Waals surface area (Å²) in [4.78, 5) is 13.6. The maximum absolute atomic E-state index is 11.8. The lowest BCUT2D eigenvalue weighted by atomic mass is 9.97. The summed E-state index contributed by atoms with van der Waals surface area (Å²) >= 11 is 0. The molecule has 0 bridgehead atoms. The van der Waals surface area contributed by atoms with E-state index in [4.69, 9.17) is 0 Å². The van der Waals surface area contributed by atoms with Crippen molar-refractivity contribution in [1.82, 2.24) is 10.2 Å². The van der Waals surface area contributed by atoms with Crippen LogP contribution in [0.2, 0.25) is 0 Å². The molecule has 0 unspecified atom stereocenters. The van der Waals surface area contributed by atoms with Gasteiger partial charge < -0.3 is 10.2 Å². The number of carbonyl (C=O) groups is 1. The van der Waals surface area contributed by atoms with Gasteiger partial charge in [0.25, 0.3) is 0 Å². The Hall–Kier alpha value is -0.830. The van der Waals surface area contributed by atoms with Crippen molar-refractivity contribution in [1.29, 1.82) is 0 Å². The molecule has 0 fully saturated rings. The highest BCUT2D eigenvalue weighted by Gasteiger charge is 2.07. The summed E-state index contributed by atoms with van der Waals surface area (Å²) in [6, 6.07) is 0. The Kier molecular flexibility index (Phi) is 8.55. The molecule has 0 saturated carbocycles. The molecule has 0 aliphatic heterocycles. The summed E-state index contributed by atoms with van der Waals surface area (Å²) in [7, 11) is 1.91. The lowest BCUT2D eigenvalue weighted by Gasteiger charge is -2.17. The van der Waals surface area contributed by atoms with Crippen molar-refractivity contribution in [2.75, 3.05) is 26.7 Å². The molecule has 0 aromatic rings. The first-order chi connectivity index (χ1) is 9.24. The van der Waals surface area contributed by atoms with Crippen molar-refractivity contribution < 1.29 is 4.79 Å². The van der Waals surface area contributed by atoms with Gasteiger partial charge in [-0.05, 0) is 45.1 Å². The van der Waals surface area contributed by atoms with Gasteiger partial charge in [0.1, 0.15) is 0 Å². The standard InChI is InChI=1S/C16H30N2O/c1-3-4-14-18(2)16(19)11-13-17-12-10-15-8-6-5-7-9-15/h8,17H,3-7,9-14H2,1-2H3. The smallest absolute Gasteiger partial charge is 0.223 e. The van der Waals surface area contributed by atoms with E-state index in [1.165, 1.54) is 25.7 Å². The molecule has 1 amide bonds. The van der Waals surface area contributed by atoms with Gasteiger partial charge >= 0.3 is 0 Å². The number of allylic oxidation sites excluding steroid dienone is 1. The minimum atomic E-state index is 0.262. The van der Waals surface area contributed by atoms with Crippen LogP contribution in [0.4, 0.5) is 0 Å². The van der Waals surface area contributed by atoms with Gasteiger partial charge in [0, 0.05) is 26.6 Å². The Morgan fingerprint density at radius 2 is 2.21 bits per heavy atom. The molecule has 19 heavy (non-hydrogen) atoms. The van der Waals surface area contributed by atoms with Crippen molar-refractivity contribution >= 4 is 5.91 Å². The molecule has 1 aliphatic carbocycles. The van der Waals surface area contributed by atoms with E-state index in [-0.39, 0.29) is 5.91 Å². The number of unbranched alkanes of at least 4 members (excludes halogenated alkanes) is 1. The van der Waals surface area contributed by atoms with Crippen LogP contribution in [-0.4, -0.2) is 37.5 Å². The third kappa shape index (κ3) is 7.36. The van der Waals surface area contributed by atoms with Gasteiger partial charge in [-0.3, -0.25) is 4.79 Å². The monoisotopic (exact) mass is 266 g/mol. The Balaban J connectivity index is 2.00. The van der Waals surface area contributed by atoms with Crippen molar-refractivity contribution in [3.8, 4) is 0 Å². The Morgan fingerprint density at radius 1 is 1.37 bits per heavy atom. The van der Waals surface area contributed by atoms with Gasteiger partial charge in [-0.2, -0.15) is 0 Å². The first-order valence-corrected chi connectivity index (χ1v) is 7.86. The van der Waals surface area contributed by atoms with Crippen molar-refractivity contribution in [2.24, 2.45) is 0 Å². The molecular weight excluding hydrogens is 236 g/mol. The van der Waals surface area contributed by atoms with Gasteiger partial charge in [-0.15, -0.1) is 0 Å². The van der Waals surface area contributed by atoms with Crippen LogP contribution in [0.5, 0.6) is 0 Å². The van der Waals surface area contributed by atoms with Crippen LogP contribution in [0.15, 0.2) is 11.6 Å². The minimum Gasteiger partial charge on any atom is -0.346 e. The van der Waals surface area contributed by atoms with Gasteiger partial charge in [-0.25, -0.2) is 0 Å². The van der Waals surface area contributed by atoms with E-state index in [0.717, 1.165) is 38.9 Å². The summed E-state index contributed by atoms with van der Waals surface area (Å²) < 4.78 is 0. The van der Waals surface area contributed by atoms with E-state index in [1.807, 2.05) is 11.9 Å². The summed E-state index contributed by atoms with van der Waals surface area (Å²) in [5, 5.41) is 3.39. The molecule has 0 aromatic heterocycles. The molecule has 0 heterocycles. The minimum absolute atomic E-state index is 0.262. The van der Waals surface area contributed by atoms with Crippen LogP contribution in [-0.2, 0) is 4.79 Å². The number of rotatable bonds is 9. The molecule has 1 N–H and O–H groups in total. The first-order valence-electron chi connectivity index (χ1n) is 7.86. The molecule has 3 nitrogen and oxygen atoms in total. The van der Waals surface area contributed by atoms with Crippen LogP contribution in [0.3, 0.4) is 0 Å². The maximum atomic E-state index is 11.8. The Bertz CT molecular complexity index is 286. The number of hydrogen-bond donors (Lipinski definition) is 1. The lowest BCUT2D eigenvalue weighted by Crippen LogP contribution is -2.31. The van der Waals surface area contributed by atoms with E-state index in [1.54, 1.807) is 5.57 Å². The van der Waals surface area contributed by atoms with E-state index in [9.17, 15) is 4.79 Å². The maximum Gasteiger partial charge on any atom is 0.223 e. The van der Waals surface area contributed by atoms with Crippen molar-refractivity contribution in [3.05, 3.63) is 11.6 Å². The molecule has 1 rings (SSSR count). The first kappa shape index (κ1) is 16.2. The molecule has 0 radical (unpaired) electrons. The average molecular weight is 266 g/mol. The second kappa shape index (κ2) is 10.0. The van der Waals surface area contributed by atoms with Crippen LogP contribution in [0, 0.1) is 0 Å². The van der Waals surface area contributed by atoms with Gasteiger partial charge in [0.15, 0.2) is 0 Å².